The second-order valence-corrected chi connectivity index (χ2v) is 11.6. The van der Waals surface area contributed by atoms with Crippen molar-refractivity contribution in [2.45, 2.75) is 84.3 Å². The Labute approximate surface area is 233 Å². The first-order valence-electron chi connectivity index (χ1n) is 13.5. The van der Waals surface area contributed by atoms with E-state index in [1.807, 2.05) is 68.4 Å². The summed E-state index contributed by atoms with van der Waals surface area (Å²) in [7, 11) is 0. The number of carbonyl (C=O) groups is 2. The summed E-state index contributed by atoms with van der Waals surface area (Å²) in [6, 6.07) is 25.3. The normalized spacial score (nSPS) is 13.0. The molecule has 2 amide bonds. The van der Waals surface area contributed by atoms with Gasteiger partial charge in [0.2, 0.25) is 11.8 Å². The highest BCUT2D eigenvalue weighted by atomic mass is 35.5. The van der Waals surface area contributed by atoms with E-state index < -0.39 is 6.04 Å². The Morgan fingerprint density at radius 1 is 0.895 bits per heavy atom. The zero-order chi connectivity index (χ0) is 27.7. The van der Waals surface area contributed by atoms with Crippen LogP contribution in [0.5, 0.6) is 0 Å². The smallest absolute Gasteiger partial charge is 0.243 e. The van der Waals surface area contributed by atoms with Crippen LogP contribution in [-0.2, 0) is 34.4 Å². The van der Waals surface area contributed by atoms with Crippen molar-refractivity contribution < 1.29 is 9.59 Å². The van der Waals surface area contributed by atoms with Crippen molar-refractivity contribution in [3.8, 4) is 0 Å². The molecule has 3 aromatic carbocycles. The van der Waals surface area contributed by atoms with Crippen molar-refractivity contribution in [3.63, 3.8) is 0 Å². The Bertz CT molecular complexity index is 1190. The average Bonchev–Trinajstić information content (AvgIpc) is 2.89. The van der Waals surface area contributed by atoms with Gasteiger partial charge < -0.3 is 10.2 Å². The van der Waals surface area contributed by atoms with Gasteiger partial charge in [0.15, 0.2) is 0 Å². The molecule has 0 bridgehead atoms. The van der Waals surface area contributed by atoms with Crippen LogP contribution in [0.4, 0.5) is 0 Å². The van der Waals surface area contributed by atoms with Crippen LogP contribution in [0.3, 0.4) is 0 Å². The molecule has 0 aliphatic rings. The van der Waals surface area contributed by atoms with Crippen LogP contribution >= 0.6 is 11.6 Å². The number of aryl methyl sites for hydroxylation is 1. The summed E-state index contributed by atoms with van der Waals surface area (Å²) in [5, 5.41) is 3.73. The van der Waals surface area contributed by atoms with Crippen molar-refractivity contribution in [1.82, 2.24) is 10.2 Å². The lowest BCUT2D eigenvalue weighted by atomic mass is 9.86. The maximum Gasteiger partial charge on any atom is 0.243 e. The van der Waals surface area contributed by atoms with Crippen molar-refractivity contribution in [3.05, 3.63) is 106 Å². The molecule has 0 fully saturated rings. The number of halogens is 1. The van der Waals surface area contributed by atoms with Gasteiger partial charge in [-0.1, -0.05) is 106 Å². The molecule has 1 N–H and O–H groups in total. The van der Waals surface area contributed by atoms with Crippen LogP contribution < -0.4 is 5.32 Å². The number of rotatable bonds is 11. The van der Waals surface area contributed by atoms with E-state index in [1.54, 1.807) is 4.90 Å². The average molecular weight is 533 g/mol. The molecule has 0 radical (unpaired) electrons. The third-order valence-corrected chi connectivity index (χ3v) is 7.20. The molecule has 3 aromatic rings. The van der Waals surface area contributed by atoms with Gasteiger partial charge in [-0.2, -0.15) is 0 Å². The lowest BCUT2D eigenvalue weighted by Gasteiger charge is -2.32. The monoisotopic (exact) mass is 532 g/mol. The Morgan fingerprint density at radius 3 is 2.16 bits per heavy atom. The molecule has 202 valence electrons. The molecule has 0 heterocycles. The van der Waals surface area contributed by atoms with Gasteiger partial charge in [-0.3, -0.25) is 9.59 Å². The van der Waals surface area contributed by atoms with E-state index in [0.29, 0.717) is 30.8 Å². The Hall–Kier alpha value is -3.11. The first-order chi connectivity index (χ1) is 18.1. The molecule has 0 unspecified atom stereocenters. The molecule has 0 aliphatic carbocycles. The van der Waals surface area contributed by atoms with E-state index in [2.05, 4.69) is 50.4 Å². The zero-order valence-electron chi connectivity index (χ0n) is 23.3. The van der Waals surface area contributed by atoms with Gasteiger partial charge in [-0.05, 0) is 59.6 Å². The molecule has 3 rings (SSSR count). The molecule has 0 saturated carbocycles. The second kappa shape index (κ2) is 13.6. The lowest BCUT2D eigenvalue weighted by molar-refractivity contribution is -0.141. The minimum atomic E-state index is -0.638. The van der Waals surface area contributed by atoms with Crippen LogP contribution in [0.15, 0.2) is 78.9 Å². The highest BCUT2D eigenvalue weighted by Crippen LogP contribution is 2.23. The van der Waals surface area contributed by atoms with E-state index >= 15 is 0 Å². The molecule has 2 atom stereocenters. The van der Waals surface area contributed by atoms with Crippen LogP contribution in [0.2, 0.25) is 5.02 Å². The standard InChI is InChI=1S/C33H41ClN2O2/c1-6-24(2)35-32(38)30(22-26-11-8-7-9-12-26)36(23-27-13-10-14-29(34)21-27)31(37)20-17-25-15-18-28(19-16-25)33(3,4)5/h7-16,18-19,21,24,30H,6,17,20,22-23H2,1-5H3,(H,35,38)/t24-,30-/m1/s1. The number of carbonyl (C=O) groups excluding carboxylic acids is 2. The Morgan fingerprint density at radius 2 is 1.55 bits per heavy atom. The fraction of sp³-hybridized carbons (Fsp3) is 0.394. The molecule has 38 heavy (non-hydrogen) atoms. The lowest BCUT2D eigenvalue weighted by Crippen LogP contribution is -2.52. The summed E-state index contributed by atoms with van der Waals surface area (Å²) in [5.74, 6) is -0.182. The summed E-state index contributed by atoms with van der Waals surface area (Å²) in [6.07, 6.45) is 2.18. The molecule has 0 spiro atoms. The van der Waals surface area contributed by atoms with Gasteiger partial charge in [0.25, 0.3) is 0 Å². The molecule has 0 aromatic heterocycles. The van der Waals surface area contributed by atoms with Crippen LogP contribution in [0.1, 0.15) is 69.7 Å². The second-order valence-electron chi connectivity index (χ2n) is 11.1. The van der Waals surface area contributed by atoms with Crippen LogP contribution in [-0.4, -0.2) is 28.8 Å². The minimum absolute atomic E-state index is 0.0187. The maximum atomic E-state index is 13.8. The molecule has 0 saturated heterocycles. The summed E-state index contributed by atoms with van der Waals surface area (Å²) < 4.78 is 0. The topological polar surface area (TPSA) is 49.4 Å². The number of hydrogen-bond acceptors (Lipinski definition) is 2. The number of benzene rings is 3. The van der Waals surface area contributed by atoms with Gasteiger partial charge in [0.05, 0.1) is 0 Å². The van der Waals surface area contributed by atoms with Gasteiger partial charge in [-0.15, -0.1) is 0 Å². The SMILES string of the molecule is CC[C@@H](C)NC(=O)[C@@H](Cc1ccccc1)N(Cc1cccc(Cl)c1)C(=O)CCc1ccc(C(C)(C)C)cc1. The van der Waals surface area contributed by atoms with E-state index in [4.69, 9.17) is 11.6 Å². The van der Waals surface area contributed by atoms with Gasteiger partial charge in [0, 0.05) is 30.5 Å². The predicted molar refractivity (Wildman–Crippen MR) is 157 cm³/mol. The van der Waals surface area contributed by atoms with E-state index in [0.717, 1.165) is 23.1 Å². The van der Waals surface area contributed by atoms with Crippen molar-refractivity contribution in [2.75, 3.05) is 0 Å². The van der Waals surface area contributed by atoms with Crippen molar-refractivity contribution in [2.24, 2.45) is 0 Å². The molecule has 4 nitrogen and oxygen atoms in total. The predicted octanol–water partition coefficient (Wildman–Crippen LogP) is 7.12. The molecule has 0 aliphatic heterocycles. The van der Waals surface area contributed by atoms with Crippen molar-refractivity contribution in [1.29, 1.82) is 0 Å². The highest BCUT2D eigenvalue weighted by Gasteiger charge is 2.30. The maximum absolute atomic E-state index is 13.8. The summed E-state index contributed by atoms with van der Waals surface area (Å²) in [5.41, 5.74) is 4.36. The first-order valence-corrected chi connectivity index (χ1v) is 13.9. The summed E-state index contributed by atoms with van der Waals surface area (Å²) in [6.45, 7) is 10.9. The summed E-state index contributed by atoms with van der Waals surface area (Å²) in [4.78, 5) is 29.2. The summed E-state index contributed by atoms with van der Waals surface area (Å²) >= 11 is 6.27. The molecular formula is C33H41ClN2O2. The first kappa shape index (κ1) is 29.4. The van der Waals surface area contributed by atoms with Crippen molar-refractivity contribution >= 4 is 23.4 Å². The number of nitrogens with zero attached hydrogens (tertiary/aromatic N) is 1. The van der Waals surface area contributed by atoms with Gasteiger partial charge >= 0.3 is 0 Å². The van der Waals surface area contributed by atoms with E-state index in [-0.39, 0.29) is 23.3 Å². The Balaban J connectivity index is 1.89. The zero-order valence-corrected chi connectivity index (χ0v) is 24.1. The van der Waals surface area contributed by atoms with Gasteiger partial charge in [0.1, 0.15) is 6.04 Å². The van der Waals surface area contributed by atoms with E-state index in [9.17, 15) is 9.59 Å². The fourth-order valence-electron chi connectivity index (χ4n) is 4.39. The largest absolute Gasteiger partial charge is 0.352 e. The van der Waals surface area contributed by atoms with E-state index in [1.165, 1.54) is 5.56 Å². The number of nitrogens with one attached hydrogen (secondary N) is 1. The number of hydrogen-bond donors (Lipinski definition) is 1. The fourth-order valence-corrected chi connectivity index (χ4v) is 4.61. The van der Waals surface area contributed by atoms with Gasteiger partial charge in [-0.25, -0.2) is 0 Å². The molecular weight excluding hydrogens is 492 g/mol. The quantitative estimate of drug-likeness (QED) is 0.285. The van der Waals surface area contributed by atoms with Crippen LogP contribution in [0, 0.1) is 0 Å². The molecule has 5 heteroatoms. The highest BCUT2D eigenvalue weighted by molar-refractivity contribution is 6.30. The third-order valence-electron chi connectivity index (χ3n) is 6.96. The number of amides is 2. The Kier molecular flexibility index (Phi) is 10.6. The van der Waals surface area contributed by atoms with Crippen LogP contribution in [0.25, 0.3) is 0 Å². The third kappa shape index (κ3) is 8.73. The minimum Gasteiger partial charge on any atom is -0.352 e.